The average molecular weight is 424 g/mol. The second-order valence-corrected chi connectivity index (χ2v) is 8.10. The van der Waals surface area contributed by atoms with Crippen molar-refractivity contribution in [2.75, 3.05) is 0 Å². The number of aromatic nitrogens is 3. The molecule has 0 radical (unpaired) electrons. The zero-order valence-corrected chi connectivity index (χ0v) is 17.8. The predicted octanol–water partition coefficient (Wildman–Crippen LogP) is 6.29. The molecular formula is C27H25N3O2. The van der Waals surface area contributed by atoms with Gasteiger partial charge in [0.25, 0.3) is 0 Å². The normalized spacial score (nSPS) is 14.2. The van der Waals surface area contributed by atoms with Gasteiger partial charge < -0.3 is 9.84 Å². The zero-order chi connectivity index (χ0) is 21.8. The first-order valence-corrected chi connectivity index (χ1v) is 11.1. The highest BCUT2D eigenvalue weighted by atomic mass is 16.5. The molecule has 5 heteroatoms. The van der Waals surface area contributed by atoms with E-state index in [4.69, 9.17) is 9.72 Å². The maximum Gasteiger partial charge on any atom is 0.167 e. The molecule has 0 atom stereocenters. The number of hydrogen-bond donors (Lipinski definition) is 1. The second-order valence-electron chi connectivity index (χ2n) is 8.10. The Morgan fingerprint density at radius 2 is 1.22 bits per heavy atom. The molecule has 0 amide bonds. The van der Waals surface area contributed by atoms with Crippen LogP contribution in [0.3, 0.4) is 0 Å². The lowest BCUT2D eigenvalue weighted by Crippen LogP contribution is -2.19. The van der Waals surface area contributed by atoms with Gasteiger partial charge in [-0.25, -0.2) is 15.0 Å². The molecule has 5 nitrogen and oxygen atoms in total. The SMILES string of the molecule is Oc1cc(OC2CCCCC2)ccc1-c1nc(-c2ccccc2)nc(-c2ccccc2)n1. The maximum atomic E-state index is 10.8. The fourth-order valence-electron chi connectivity index (χ4n) is 4.08. The molecule has 1 aromatic heterocycles. The molecular weight excluding hydrogens is 398 g/mol. The minimum Gasteiger partial charge on any atom is -0.507 e. The molecule has 0 aliphatic heterocycles. The Morgan fingerprint density at radius 1 is 0.656 bits per heavy atom. The van der Waals surface area contributed by atoms with E-state index in [9.17, 15) is 5.11 Å². The van der Waals surface area contributed by atoms with Crippen LogP contribution >= 0.6 is 0 Å². The van der Waals surface area contributed by atoms with Crippen molar-refractivity contribution in [3.63, 3.8) is 0 Å². The first-order valence-electron chi connectivity index (χ1n) is 11.1. The molecule has 5 rings (SSSR count). The molecule has 0 unspecified atom stereocenters. The third kappa shape index (κ3) is 4.47. The van der Waals surface area contributed by atoms with E-state index < -0.39 is 0 Å². The molecule has 1 saturated carbocycles. The Hall–Kier alpha value is -3.73. The molecule has 32 heavy (non-hydrogen) atoms. The van der Waals surface area contributed by atoms with E-state index in [1.165, 1.54) is 19.3 Å². The molecule has 1 N–H and O–H groups in total. The number of phenolic OH excluding ortho intramolecular Hbond substituents is 1. The Bertz CT molecular complexity index is 1130. The smallest absolute Gasteiger partial charge is 0.167 e. The number of hydrogen-bond acceptors (Lipinski definition) is 5. The standard InChI is InChI=1S/C27H25N3O2/c31-24-18-22(32-21-14-8-3-9-15-21)16-17-23(24)27-29-25(19-10-4-1-5-11-19)28-26(30-27)20-12-6-2-7-13-20/h1-2,4-7,10-13,16-18,21,31H,3,8-9,14-15H2. The number of nitrogens with zero attached hydrogens (tertiary/aromatic N) is 3. The molecule has 160 valence electrons. The van der Waals surface area contributed by atoms with Gasteiger partial charge in [0.2, 0.25) is 0 Å². The van der Waals surface area contributed by atoms with E-state index in [0.717, 1.165) is 24.0 Å². The van der Waals surface area contributed by atoms with Crippen LogP contribution in [0, 0.1) is 0 Å². The van der Waals surface area contributed by atoms with E-state index in [0.29, 0.717) is 28.8 Å². The number of aromatic hydroxyl groups is 1. The van der Waals surface area contributed by atoms with Gasteiger partial charge in [-0.15, -0.1) is 0 Å². The fourth-order valence-corrected chi connectivity index (χ4v) is 4.08. The quantitative estimate of drug-likeness (QED) is 0.408. The van der Waals surface area contributed by atoms with Gasteiger partial charge >= 0.3 is 0 Å². The van der Waals surface area contributed by atoms with Crippen molar-refractivity contribution in [3.05, 3.63) is 78.9 Å². The van der Waals surface area contributed by atoms with Crippen molar-refractivity contribution >= 4 is 0 Å². The summed E-state index contributed by atoms with van der Waals surface area (Å²) in [5.74, 6) is 2.34. The van der Waals surface area contributed by atoms with Crippen LogP contribution in [0.5, 0.6) is 11.5 Å². The van der Waals surface area contributed by atoms with E-state index in [1.807, 2.05) is 72.8 Å². The van der Waals surface area contributed by atoms with Gasteiger partial charge in [0.15, 0.2) is 17.5 Å². The molecule has 1 fully saturated rings. The molecule has 4 aromatic rings. The summed E-state index contributed by atoms with van der Waals surface area (Å²) < 4.78 is 6.10. The van der Waals surface area contributed by atoms with Gasteiger partial charge in [-0.05, 0) is 37.8 Å². The lowest BCUT2D eigenvalue weighted by molar-refractivity contribution is 0.154. The maximum absolute atomic E-state index is 10.8. The molecule has 1 aliphatic rings. The van der Waals surface area contributed by atoms with Crippen molar-refractivity contribution in [2.24, 2.45) is 0 Å². The topological polar surface area (TPSA) is 68.1 Å². The van der Waals surface area contributed by atoms with Crippen molar-refractivity contribution in [3.8, 4) is 45.7 Å². The number of phenols is 1. The van der Waals surface area contributed by atoms with Crippen LogP contribution in [0.1, 0.15) is 32.1 Å². The summed E-state index contributed by atoms with van der Waals surface area (Å²) in [6.07, 6.45) is 6.03. The molecule has 0 spiro atoms. The van der Waals surface area contributed by atoms with E-state index in [2.05, 4.69) is 9.97 Å². The highest BCUT2D eigenvalue weighted by Crippen LogP contribution is 2.34. The summed E-state index contributed by atoms with van der Waals surface area (Å²) in [6, 6.07) is 25.0. The van der Waals surface area contributed by atoms with Gasteiger partial charge in [0, 0.05) is 17.2 Å². The first-order chi connectivity index (χ1) is 15.8. The highest BCUT2D eigenvalue weighted by molar-refractivity contribution is 5.70. The summed E-state index contributed by atoms with van der Waals surface area (Å²) in [5, 5.41) is 10.8. The summed E-state index contributed by atoms with van der Waals surface area (Å²) in [6.45, 7) is 0. The minimum atomic E-state index is 0.0996. The lowest BCUT2D eigenvalue weighted by Gasteiger charge is -2.23. The van der Waals surface area contributed by atoms with Gasteiger partial charge in [-0.2, -0.15) is 0 Å². The molecule has 1 aliphatic carbocycles. The Kier molecular flexibility index (Phi) is 5.79. The van der Waals surface area contributed by atoms with Gasteiger partial charge in [0.05, 0.1) is 11.7 Å². The molecule has 1 heterocycles. The number of benzene rings is 3. The fraction of sp³-hybridized carbons (Fsp3) is 0.222. The van der Waals surface area contributed by atoms with Gasteiger partial charge in [0.1, 0.15) is 11.5 Å². The monoisotopic (exact) mass is 423 g/mol. The summed E-state index contributed by atoms with van der Waals surface area (Å²) in [5.41, 5.74) is 2.34. The summed E-state index contributed by atoms with van der Waals surface area (Å²) in [7, 11) is 0. The highest BCUT2D eigenvalue weighted by Gasteiger charge is 2.18. The predicted molar refractivity (Wildman–Crippen MR) is 125 cm³/mol. The zero-order valence-electron chi connectivity index (χ0n) is 17.8. The Labute approximate surface area is 187 Å². The molecule has 0 bridgehead atoms. The van der Waals surface area contributed by atoms with Crippen LogP contribution < -0.4 is 4.74 Å². The van der Waals surface area contributed by atoms with Crippen molar-refractivity contribution in [1.82, 2.24) is 15.0 Å². The van der Waals surface area contributed by atoms with Gasteiger partial charge in [-0.3, -0.25) is 0 Å². The van der Waals surface area contributed by atoms with Crippen LogP contribution in [0.4, 0.5) is 0 Å². The van der Waals surface area contributed by atoms with E-state index in [-0.39, 0.29) is 11.9 Å². The summed E-state index contributed by atoms with van der Waals surface area (Å²) >= 11 is 0. The van der Waals surface area contributed by atoms with E-state index in [1.54, 1.807) is 6.07 Å². The van der Waals surface area contributed by atoms with Crippen LogP contribution in [-0.4, -0.2) is 26.2 Å². The van der Waals surface area contributed by atoms with Crippen LogP contribution in [0.2, 0.25) is 0 Å². The number of rotatable bonds is 5. The summed E-state index contributed by atoms with van der Waals surface area (Å²) in [4.78, 5) is 14.1. The van der Waals surface area contributed by atoms with E-state index >= 15 is 0 Å². The molecule has 3 aromatic carbocycles. The van der Waals surface area contributed by atoms with Crippen LogP contribution in [-0.2, 0) is 0 Å². The second kappa shape index (κ2) is 9.18. The third-order valence-corrected chi connectivity index (χ3v) is 5.76. The minimum absolute atomic E-state index is 0.0996. The largest absolute Gasteiger partial charge is 0.507 e. The Balaban J connectivity index is 1.53. The van der Waals surface area contributed by atoms with Crippen LogP contribution in [0.15, 0.2) is 78.9 Å². The average Bonchev–Trinajstić information content (AvgIpc) is 2.85. The Morgan fingerprint density at radius 3 is 1.78 bits per heavy atom. The number of ether oxygens (including phenoxy) is 1. The van der Waals surface area contributed by atoms with Crippen molar-refractivity contribution in [2.45, 2.75) is 38.2 Å². The third-order valence-electron chi connectivity index (χ3n) is 5.76. The molecule has 0 saturated heterocycles. The first kappa shape index (κ1) is 20.2. The van der Waals surface area contributed by atoms with Crippen molar-refractivity contribution in [1.29, 1.82) is 0 Å². The lowest BCUT2D eigenvalue weighted by atomic mass is 9.98. The van der Waals surface area contributed by atoms with Crippen LogP contribution in [0.25, 0.3) is 34.2 Å². The van der Waals surface area contributed by atoms with Crippen molar-refractivity contribution < 1.29 is 9.84 Å². The van der Waals surface area contributed by atoms with Gasteiger partial charge in [-0.1, -0.05) is 67.1 Å².